The summed E-state index contributed by atoms with van der Waals surface area (Å²) in [5.74, 6) is 0. The number of hydrogen-bond acceptors (Lipinski definition) is 4. The van der Waals surface area contributed by atoms with Gasteiger partial charge < -0.3 is 5.32 Å². The summed E-state index contributed by atoms with van der Waals surface area (Å²) in [5.41, 5.74) is 0. The molecular weight excluding hydrogens is 254 g/mol. The molecule has 2 fully saturated rings. The Bertz CT molecular complexity index is 356. The first-order valence-electron chi connectivity index (χ1n) is 6.50. The van der Waals surface area contributed by atoms with Crippen molar-refractivity contribution >= 4 is 21.6 Å². The first-order chi connectivity index (χ1) is 8.02. The summed E-state index contributed by atoms with van der Waals surface area (Å²) in [7, 11) is -2.89. The first-order valence-corrected chi connectivity index (χ1v) is 9.74. The van der Waals surface area contributed by atoms with Gasteiger partial charge in [0.05, 0.1) is 5.25 Å². The fraction of sp³-hybridized carbons (Fsp3) is 1.00. The van der Waals surface area contributed by atoms with Gasteiger partial charge in [-0.3, -0.25) is 0 Å². The molecule has 2 saturated carbocycles. The fourth-order valence-corrected chi connectivity index (χ4v) is 5.65. The summed E-state index contributed by atoms with van der Waals surface area (Å²) in [5, 5.41) is 4.16. The van der Waals surface area contributed by atoms with E-state index in [2.05, 4.69) is 11.6 Å². The van der Waals surface area contributed by atoms with Crippen LogP contribution in [0.5, 0.6) is 0 Å². The molecule has 17 heavy (non-hydrogen) atoms. The number of rotatable bonds is 4. The van der Waals surface area contributed by atoms with E-state index in [1.54, 1.807) is 0 Å². The Kier molecular flexibility index (Phi) is 4.42. The van der Waals surface area contributed by atoms with E-state index in [9.17, 15) is 8.42 Å². The van der Waals surface area contributed by atoms with Crippen LogP contribution in [0.15, 0.2) is 0 Å². The second-order valence-corrected chi connectivity index (χ2v) is 8.73. The Balaban J connectivity index is 1.98. The maximum atomic E-state index is 11.7. The highest BCUT2D eigenvalue weighted by atomic mass is 32.2. The minimum Gasteiger partial charge on any atom is -0.309 e. The molecule has 100 valence electrons. The smallest absolute Gasteiger partial charge is 0.151 e. The number of sulfone groups is 1. The summed E-state index contributed by atoms with van der Waals surface area (Å²) in [6.45, 7) is 0. The van der Waals surface area contributed by atoms with Crippen LogP contribution in [0.2, 0.25) is 0 Å². The predicted octanol–water partition coefficient (Wildman–Crippen LogP) is 1.83. The summed E-state index contributed by atoms with van der Waals surface area (Å²) >= 11 is 1.92. The number of thioether (sulfide) groups is 1. The summed E-state index contributed by atoms with van der Waals surface area (Å²) in [6.07, 6.45) is 10.2. The van der Waals surface area contributed by atoms with Crippen molar-refractivity contribution in [2.75, 3.05) is 12.5 Å². The highest BCUT2D eigenvalue weighted by Gasteiger charge is 2.37. The molecule has 3 nitrogen and oxygen atoms in total. The van der Waals surface area contributed by atoms with Crippen LogP contribution in [-0.2, 0) is 9.84 Å². The fourth-order valence-electron chi connectivity index (χ4n) is 3.30. The molecule has 0 aromatic carbocycles. The Hall–Kier alpha value is 0.260. The standard InChI is InChI=1S/C12H23NO2S2/c1-16-11-7-3-5-9(11)13-10-6-4-8-12(10)17(2,14)15/h9-13H,3-8H2,1-2H3. The van der Waals surface area contributed by atoms with E-state index in [0.29, 0.717) is 11.3 Å². The maximum absolute atomic E-state index is 11.7. The van der Waals surface area contributed by atoms with Crippen LogP contribution in [0.3, 0.4) is 0 Å². The molecule has 2 aliphatic rings. The highest BCUT2D eigenvalue weighted by Crippen LogP contribution is 2.32. The van der Waals surface area contributed by atoms with Crippen LogP contribution in [0.4, 0.5) is 0 Å². The Morgan fingerprint density at radius 3 is 2.35 bits per heavy atom. The van der Waals surface area contributed by atoms with Gasteiger partial charge in [-0.2, -0.15) is 11.8 Å². The molecule has 0 aliphatic heterocycles. The van der Waals surface area contributed by atoms with E-state index in [-0.39, 0.29) is 11.3 Å². The molecule has 2 aliphatic carbocycles. The van der Waals surface area contributed by atoms with Crippen molar-refractivity contribution in [3.05, 3.63) is 0 Å². The lowest BCUT2D eigenvalue weighted by Gasteiger charge is -2.27. The van der Waals surface area contributed by atoms with Crippen LogP contribution >= 0.6 is 11.8 Å². The van der Waals surface area contributed by atoms with Crippen molar-refractivity contribution in [1.29, 1.82) is 0 Å². The monoisotopic (exact) mass is 277 g/mol. The molecule has 0 bridgehead atoms. The van der Waals surface area contributed by atoms with Crippen molar-refractivity contribution in [1.82, 2.24) is 5.32 Å². The normalized spacial score (nSPS) is 38.7. The molecule has 4 atom stereocenters. The van der Waals surface area contributed by atoms with E-state index < -0.39 is 9.84 Å². The van der Waals surface area contributed by atoms with Gasteiger partial charge in [-0.05, 0) is 31.9 Å². The molecular formula is C12H23NO2S2. The second kappa shape index (κ2) is 5.49. The zero-order chi connectivity index (χ0) is 12.5. The van der Waals surface area contributed by atoms with Crippen molar-refractivity contribution in [3.63, 3.8) is 0 Å². The summed E-state index contributed by atoms with van der Waals surface area (Å²) < 4.78 is 23.4. The highest BCUT2D eigenvalue weighted by molar-refractivity contribution is 7.99. The van der Waals surface area contributed by atoms with Crippen molar-refractivity contribution in [2.45, 2.75) is 61.1 Å². The van der Waals surface area contributed by atoms with E-state index >= 15 is 0 Å². The molecule has 1 N–H and O–H groups in total. The third kappa shape index (κ3) is 3.18. The molecule has 0 aromatic heterocycles. The molecule has 4 unspecified atom stereocenters. The van der Waals surface area contributed by atoms with E-state index in [1.165, 1.54) is 25.5 Å². The maximum Gasteiger partial charge on any atom is 0.151 e. The SMILES string of the molecule is CSC1CCCC1NC1CCCC1S(C)(=O)=O. The molecule has 0 aromatic rings. The van der Waals surface area contributed by atoms with Gasteiger partial charge in [-0.15, -0.1) is 0 Å². The van der Waals surface area contributed by atoms with Crippen molar-refractivity contribution < 1.29 is 8.42 Å². The van der Waals surface area contributed by atoms with Crippen molar-refractivity contribution in [3.8, 4) is 0 Å². The molecule has 0 heterocycles. The minimum atomic E-state index is -2.89. The van der Waals surface area contributed by atoms with Crippen LogP contribution in [-0.4, -0.2) is 43.5 Å². The average Bonchev–Trinajstić information content (AvgIpc) is 2.85. The van der Waals surface area contributed by atoms with E-state index in [1.807, 2.05) is 11.8 Å². The van der Waals surface area contributed by atoms with Gasteiger partial charge in [-0.1, -0.05) is 12.8 Å². The zero-order valence-corrected chi connectivity index (χ0v) is 12.3. The lowest BCUT2D eigenvalue weighted by molar-refractivity contribution is 0.437. The van der Waals surface area contributed by atoms with Crippen LogP contribution in [0, 0.1) is 0 Å². The number of hydrogen-bond donors (Lipinski definition) is 1. The topological polar surface area (TPSA) is 46.2 Å². The third-order valence-corrected chi connectivity index (χ3v) is 7.02. The Morgan fingerprint density at radius 2 is 1.71 bits per heavy atom. The van der Waals surface area contributed by atoms with Gasteiger partial charge in [0.2, 0.25) is 0 Å². The van der Waals surface area contributed by atoms with Gasteiger partial charge in [0, 0.05) is 23.6 Å². The van der Waals surface area contributed by atoms with Gasteiger partial charge in [0.15, 0.2) is 9.84 Å². The van der Waals surface area contributed by atoms with Crippen LogP contribution in [0.25, 0.3) is 0 Å². The summed E-state index contributed by atoms with van der Waals surface area (Å²) in [6, 6.07) is 0.722. The lowest BCUT2D eigenvalue weighted by atomic mass is 10.1. The largest absolute Gasteiger partial charge is 0.309 e. The molecule has 0 saturated heterocycles. The minimum absolute atomic E-state index is 0.148. The first kappa shape index (κ1) is 13.7. The molecule has 5 heteroatoms. The quantitative estimate of drug-likeness (QED) is 0.851. The zero-order valence-electron chi connectivity index (χ0n) is 10.7. The Morgan fingerprint density at radius 1 is 1.06 bits per heavy atom. The molecule has 0 radical (unpaired) electrons. The summed E-state index contributed by atoms with van der Waals surface area (Å²) in [4.78, 5) is 0. The Labute approximate surface area is 109 Å². The molecule has 2 rings (SSSR count). The van der Waals surface area contributed by atoms with Gasteiger partial charge in [0.1, 0.15) is 0 Å². The van der Waals surface area contributed by atoms with Gasteiger partial charge >= 0.3 is 0 Å². The van der Waals surface area contributed by atoms with Gasteiger partial charge in [-0.25, -0.2) is 8.42 Å². The van der Waals surface area contributed by atoms with Crippen LogP contribution < -0.4 is 5.32 Å². The lowest BCUT2D eigenvalue weighted by Crippen LogP contribution is -2.47. The predicted molar refractivity (Wildman–Crippen MR) is 74.3 cm³/mol. The van der Waals surface area contributed by atoms with Crippen LogP contribution in [0.1, 0.15) is 38.5 Å². The molecule has 0 amide bonds. The van der Waals surface area contributed by atoms with E-state index in [0.717, 1.165) is 19.3 Å². The second-order valence-electron chi connectivity index (χ2n) is 5.38. The third-order valence-electron chi connectivity index (χ3n) is 4.19. The van der Waals surface area contributed by atoms with E-state index in [4.69, 9.17) is 0 Å². The average molecular weight is 277 g/mol. The van der Waals surface area contributed by atoms with Crippen molar-refractivity contribution in [2.24, 2.45) is 0 Å². The number of nitrogens with one attached hydrogen (secondary N) is 1. The van der Waals surface area contributed by atoms with Gasteiger partial charge in [0.25, 0.3) is 0 Å². The molecule has 0 spiro atoms.